The highest BCUT2D eigenvalue weighted by Gasteiger charge is 2.13. The molecule has 3 rings (SSSR count). The Balaban J connectivity index is 1.70. The van der Waals surface area contributed by atoms with Gasteiger partial charge in [-0.1, -0.05) is 29.8 Å². The molecule has 31 heavy (non-hydrogen) atoms. The predicted octanol–water partition coefficient (Wildman–Crippen LogP) is 4.93. The predicted molar refractivity (Wildman–Crippen MR) is 121 cm³/mol. The van der Waals surface area contributed by atoms with Crippen LogP contribution in [0.5, 0.6) is 0 Å². The smallest absolute Gasteiger partial charge is 0.329 e. The SMILES string of the molecule is Cc1ccc(C)c(Nc2ccc(Cl)cc2/C=N\NC(=O)C(=O)Nc2cccc(F)c2)c1. The average Bonchev–Trinajstić information content (AvgIpc) is 2.72. The Bertz CT molecular complexity index is 1160. The van der Waals surface area contributed by atoms with E-state index < -0.39 is 17.6 Å². The van der Waals surface area contributed by atoms with Crippen LogP contribution >= 0.6 is 11.6 Å². The molecule has 2 amide bonds. The summed E-state index contributed by atoms with van der Waals surface area (Å²) in [6.07, 6.45) is 1.38. The first kappa shape index (κ1) is 22.0. The van der Waals surface area contributed by atoms with E-state index in [0.717, 1.165) is 28.6 Å². The summed E-state index contributed by atoms with van der Waals surface area (Å²) in [5, 5.41) is 9.96. The first-order valence-electron chi connectivity index (χ1n) is 9.35. The van der Waals surface area contributed by atoms with Crippen molar-refractivity contribution in [1.82, 2.24) is 5.43 Å². The van der Waals surface area contributed by atoms with Gasteiger partial charge in [-0.3, -0.25) is 9.59 Å². The maximum Gasteiger partial charge on any atom is 0.329 e. The van der Waals surface area contributed by atoms with Crippen LogP contribution in [-0.4, -0.2) is 18.0 Å². The molecule has 0 fully saturated rings. The van der Waals surface area contributed by atoms with Crippen molar-refractivity contribution in [1.29, 1.82) is 0 Å². The van der Waals surface area contributed by atoms with Crippen LogP contribution in [-0.2, 0) is 9.59 Å². The largest absolute Gasteiger partial charge is 0.355 e. The number of carbonyl (C=O) groups excluding carboxylic acids is 2. The number of benzene rings is 3. The number of nitrogens with zero attached hydrogens (tertiary/aromatic N) is 1. The molecule has 0 aliphatic carbocycles. The number of aryl methyl sites for hydroxylation is 2. The lowest BCUT2D eigenvalue weighted by Crippen LogP contribution is -2.32. The fourth-order valence-corrected chi connectivity index (χ4v) is 2.92. The van der Waals surface area contributed by atoms with Crippen LogP contribution in [0.3, 0.4) is 0 Å². The summed E-state index contributed by atoms with van der Waals surface area (Å²) in [6.45, 7) is 3.99. The highest BCUT2D eigenvalue weighted by molar-refractivity contribution is 6.39. The van der Waals surface area contributed by atoms with E-state index in [9.17, 15) is 14.0 Å². The van der Waals surface area contributed by atoms with Crippen LogP contribution in [0.4, 0.5) is 21.5 Å². The molecule has 0 saturated heterocycles. The van der Waals surface area contributed by atoms with Crippen LogP contribution in [0, 0.1) is 19.7 Å². The van der Waals surface area contributed by atoms with Gasteiger partial charge in [-0.15, -0.1) is 0 Å². The summed E-state index contributed by atoms with van der Waals surface area (Å²) >= 11 is 6.10. The standard InChI is InChI=1S/C23H20ClFN4O2/c1-14-6-7-15(2)21(10-14)28-20-9-8-17(24)11-16(20)13-26-29-23(31)22(30)27-19-5-3-4-18(25)12-19/h3-13,28H,1-2H3,(H,27,30)(H,29,31)/b26-13-. The van der Waals surface area contributed by atoms with Gasteiger partial charge in [0.1, 0.15) is 5.82 Å². The van der Waals surface area contributed by atoms with Crippen molar-refractivity contribution in [2.24, 2.45) is 5.10 Å². The molecule has 0 aromatic heterocycles. The normalized spacial score (nSPS) is 10.7. The maximum atomic E-state index is 13.2. The third-order valence-electron chi connectivity index (χ3n) is 4.33. The van der Waals surface area contributed by atoms with E-state index in [1.165, 1.54) is 24.4 Å². The van der Waals surface area contributed by atoms with Crippen molar-refractivity contribution in [2.45, 2.75) is 13.8 Å². The zero-order valence-electron chi connectivity index (χ0n) is 16.9. The molecular formula is C23H20ClFN4O2. The van der Waals surface area contributed by atoms with E-state index in [1.807, 2.05) is 32.0 Å². The van der Waals surface area contributed by atoms with Gasteiger partial charge in [0, 0.05) is 27.6 Å². The third kappa shape index (κ3) is 6.13. The van der Waals surface area contributed by atoms with Crippen LogP contribution in [0.15, 0.2) is 65.8 Å². The molecule has 0 bridgehead atoms. The van der Waals surface area contributed by atoms with Gasteiger partial charge in [-0.2, -0.15) is 5.10 Å². The van der Waals surface area contributed by atoms with Crippen molar-refractivity contribution in [3.63, 3.8) is 0 Å². The van der Waals surface area contributed by atoms with Gasteiger partial charge in [0.25, 0.3) is 0 Å². The molecule has 3 aromatic carbocycles. The molecule has 0 radical (unpaired) electrons. The lowest BCUT2D eigenvalue weighted by Gasteiger charge is -2.13. The van der Waals surface area contributed by atoms with Gasteiger partial charge in [0.15, 0.2) is 0 Å². The first-order valence-corrected chi connectivity index (χ1v) is 9.73. The number of halogens is 2. The molecule has 0 aliphatic rings. The van der Waals surface area contributed by atoms with E-state index in [-0.39, 0.29) is 5.69 Å². The number of anilines is 3. The van der Waals surface area contributed by atoms with Crippen molar-refractivity contribution < 1.29 is 14.0 Å². The van der Waals surface area contributed by atoms with E-state index in [4.69, 9.17) is 11.6 Å². The fourth-order valence-electron chi connectivity index (χ4n) is 2.74. The van der Waals surface area contributed by atoms with E-state index in [0.29, 0.717) is 10.6 Å². The highest BCUT2D eigenvalue weighted by Crippen LogP contribution is 2.26. The number of carbonyl (C=O) groups is 2. The minimum absolute atomic E-state index is 0.166. The minimum Gasteiger partial charge on any atom is -0.355 e. The molecule has 6 nitrogen and oxygen atoms in total. The van der Waals surface area contributed by atoms with Gasteiger partial charge in [-0.25, -0.2) is 9.82 Å². The van der Waals surface area contributed by atoms with Crippen molar-refractivity contribution in [3.05, 3.63) is 88.2 Å². The van der Waals surface area contributed by atoms with E-state index in [2.05, 4.69) is 21.2 Å². The van der Waals surface area contributed by atoms with Gasteiger partial charge in [0.05, 0.1) is 6.21 Å². The molecule has 0 aliphatic heterocycles. The highest BCUT2D eigenvalue weighted by atomic mass is 35.5. The average molecular weight is 439 g/mol. The maximum absolute atomic E-state index is 13.2. The Hall–Kier alpha value is -3.71. The molecule has 0 atom stereocenters. The molecular weight excluding hydrogens is 419 g/mol. The number of hydrogen-bond donors (Lipinski definition) is 3. The molecule has 0 spiro atoms. The van der Waals surface area contributed by atoms with E-state index in [1.54, 1.807) is 18.2 Å². The second kappa shape index (κ2) is 9.86. The lowest BCUT2D eigenvalue weighted by atomic mass is 10.1. The Morgan fingerprint density at radius 2 is 1.77 bits per heavy atom. The van der Waals surface area contributed by atoms with Crippen LogP contribution in [0.2, 0.25) is 5.02 Å². The summed E-state index contributed by atoms with van der Waals surface area (Å²) in [7, 11) is 0. The third-order valence-corrected chi connectivity index (χ3v) is 4.57. The van der Waals surface area contributed by atoms with Crippen LogP contribution in [0.1, 0.15) is 16.7 Å². The van der Waals surface area contributed by atoms with Crippen molar-refractivity contribution >= 4 is 46.7 Å². The summed E-state index contributed by atoms with van der Waals surface area (Å²) < 4.78 is 13.2. The Morgan fingerprint density at radius 3 is 2.55 bits per heavy atom. The van der Waals surface area contributed by atoms with Crippen molar-refractivity contribution in [3.8, 4) is 0 Å². The zero-order chi connectivity index (χ0) is 22.4. The Kier molecular flexibility index (Phi) is 6.99. The van der Waals surface area contributed by atoms with Crippen molar-refractivity contribution in [2.75, 3.05) is 10.6 Å². The second-order valence-electron chi connectivity index (χ2n) is 6.84. The number of hydrogen-bond acceptors (Lipinski definition) is 4. The molecule has 3 N–H and O–H groups in total. The zero-order valence-corrected chi connectivity index (χ0v) is 17.6. The number of amides is 2. The molecule has 0 unspecified atom stereocenters. The lowest BCUT2D eigenvalue weighted by molar-refractivity contribution is -0.136. The van der Waals surface area contributed by atoms with Gasteiger partial charge >= 0.3 is 11.8 Å². The minimum atomic E-state index is -0.994. The molecule has 158 valence electrons. The summed E-state index contributed by atoms with van der Waals surface area (Å²) in [6, 6.07) is 16.5. The number of hydrazone groups is 1. The second-order valence-corrected chi connectivity index (χ2v) is 7.27. The monoisotopic (exact) mass is 438 g/mol. The summed E-state index contributed by atoms with van der Waals surface area (Å²) in [4.78, 5) is 23.9. The topological polar surface area (TPSA) is 82.6 Å². The van der Waals surface area contributed by atoms with Gasteiger partial charge in [0.2, 0.25) is 0 Å². The molecule has 8 heteroatoms. The fraction of sp³-hybridized carbons (Fsp3) is 0.0870. The van der Waals surface area contributed by atoms with E-state index >= 15 is 0 Å². The first-order chi connectivity index (χ1) is 14.8. The molecule has 0 saturated carbocycles. The quantitative estimate of drug-likeness (QED) is 0.300. The summed E-state index contributed by atoms with van der Waals surface area (Å²) in [5.41, 5.74) is 6.74. The number of nitrogens with one attached hydrogen (secondary N) is 3. The Labute approximate surface area is 184 Å². The Morgan fingerprint density at radius 1 is 0.968 bits per heavy atom. The number of rotatable bonds is 5. The molecule has 0 heterocycles. The molecule has 3 aromatic rings. The van der Waals surface area contributed by atoms with Gasteiger partial charge < -0.3 is 10.6 Å². The summed E-state index contributed by atoms with van der Waals surface area (Å²) in [5.74, 6) is -2.49. The van der Waals surface area contributed by atoms with Crippen LogP contribution < -0.4 is 16.1 Å². The van der Waals surface area contributed by atoms with Gasteiger partial charge in [-0.05, 0) is 67.4 Å². The van der Waals surface area contributed by atoms with Crippen LogP contribution in [0.25, 0.3) is 0 Å².